The smallest absolute Gasteiger partial charge is 0.414 e. The minimum Gasteiger partial charge on any atom is -0.494 e. The average molecular weight is 398 g/mol. The van der Waals surface area contributed by atoms with Gasteiger partial charge < -0.3 is 19.3 Å². The number of carbonyl (C=O) groups is 1. The van der Waals surface area contributed by atoms with Crippen LogP contribution >= 0.6 is 23.2 Å². The summed E-state index contributed by atoms with van der Waals surface area (Å²) in [6.45, 7) is 0.213. The van der Waals surface area contributed by atoms with Crippen molar-refractivity contribution in [1.82, 2.24) is 0 Å². The van der Waals surface area contributed by atoms with Gasteiger partial charge in [0.2, 0.25) is 0 Å². The van der Waals surface area contributed by atoms with Gasteiger partial charge in [-0.1, -0.05) is 29.3 Å². The Labute approximate surface area is 160 Å². The number of halogens is 2. The molecule has 1 atom stereocenters. The largest absolute Gasteiger partial charge is 0.494 e. The van der Waals surface area contributed by atoms with E-state index >= 15 is 0 Å². The van der Waals surface area contributed by atoms with Crippen molar-refractivity contribution in [1.29, 1.82) is 0 Å². The molecule has 26 heavy (non-hydrogen) atoms. The van der Waals surface area contributed by atoms with Gasteiger partial charge in [-0.15, -0.1) is 0 Å². The molecule has 0 aromatic heterocycles. The number of cyclic esters (lactones) is 1. The van der Waals surface area contributed by atoms with Gasteiger partial charge in [0.05, 0.1) is 25.9 Å². The summed E-state index contributed by atoms with van der Waals surface area (Å²) < 4.78 is 16.2. The van der Waals surface area contributed by atoms with E-state index < -0.39 is 12.2 Å². The fraction of sp³-hybridized carbons (Fsp3) is 0.278. The predicted molar refractivity (Wildman–Crippen MR) is 98.5 cm³/mol. The Kier molecular flexibility index (Phi) is 5.76. The third kappa shape index (κ3) is 3.82. The minimum atomic E-state index is -0.550. The van der Waals surface area contributed by atoms with Crippen molar-refractivity contribution >= 4 is 35.0 Å². The van der Waals surface area contributed by atoms with Gasteiger partial charge in [0.25, 0.3) is 0 Å². The molecular formula is C18H17Cl2NO5. The van der Waals surface area contributed by atoms with E-state index in [0.717, 1.165) is 0 Å². The minimum absolute atomic E-state index is 0.194. The maximum absolute atomic E-state index is 12.0. The summed E-state index contributed by atoms with van der Waals surface area (Å²) in [5, 5.41) is 10.2. The molecule has 1 heterocycles. The monoisotopic (exact) mass is 397 g/mol. The Hall–Kier alpha value is -2.15. The van der Waals surface area contributed by atoms with Crippen molar-refractivity contribution in [3.63, 3.8) is 0 Å². The van der Waals surface area contributed by atoms with E-state index in [4.69, 9.17) is 42.5 Å². The topological polar surface area (TPSA) is 68.2 Å². The van der Waals surface area contributed by atoms with Gasteiger partial charge in [-0.3, -0.25) is 4.90 Å². The summed E-state index contributed by atoms with van der Waals surface area (Å²) in [5.41, 5.74) is 1.23. The first kappa shape index (κ1) is 18.6. The Balaban J connectivity index is 1.78. The molecule has 1 aliphatic rings. The number of benzene rings is 2. The molecule has 0 bridgehead atoms. The molecule has 1 N–H and O–H groups in total. The zero-order chi connectivity index (χ0) is 18.7. The van der Waals surface area contributed by atoms with Crippen LogP contribution in [0.1, 0.15) is 5.56 Å². The quantitative estimate of drug-likeness (QED) is 0.800. The molecule has 1 saturated heterocycles. The number of rotatable bonds is 6. The second-order valence-electron chi connectivity index (χ2n) is 5.62. The lowest BCUT2D eigenvalue weighted by atomic mass is 10.2. The molecule has 1 unspecified atom stereocenters. The van der Waals surface area contributed by atoms with Crippen LogP contribution < -0.4 is 14.4 Å². The van der Waals surface area contributed by atoms with Crippen LogP contribution in [0.2, 0.25) is 10.0 Å². The fourth-order valence-corrected chi connectivity index (χ4v) is 3.12. The summed E-state index contributed by atoms with van der Waals surface area (Å²) in [7, 11) is 1.50. The van der Waals surface area contributed by atoms with Crippen molar-refractivity contribution in [2.75, 3.05) is 25.2 Å². The summed E-state index contributed by atoms with van der Waals surface area (Å²) in [4.78, 5) is 13.4. The van der Waals surface area contributed by atoms with E-state index in [9.17, 15) is 4.79 Å². The van der Waals surface area contributed by atoms with E-state index in [-0.39, 0.29) is 19.8 Å². The van der Waals surface area contributed by atoms with Crippen molar-refractivity contribution < 1.29 is 24.1 Å². The molecule has 1 fully saturated rings. The van der Waals surface area contributed by atoms with E-state index in [1.165, 1.54) is 12.0 Å². The molecule has 0 saturated carbocycles. The highest BCUT2D eigenvalue weighted by molar-refractivity contribution is 6.35. The van der Waals surface area contributed by atoms with E-state index in [0.29, 0.717) is 32.8 Å². The molecule has 6 nitrogen and oxygen atoms in total. The second-order valence-corrected chi connectivity index (χ2v) is 6.44. The van der Waals surface area contributed by atoms with Crippen LogP contribution in [-0.4, -0.2) is 37.6 Å². The van der Waals surface area contributed by atoms with Crippen LogP contribution in [0.5, 0.6) is 11.5 Å². The van der Waals surface area contributed by atoms with E-state index in [1.807, 2.05) is 0 Å². The Morgan fingerprint density at radius 1 is 1.27 bits per heavy atom. The second kappa shape index (κ2) is 8.03. The highest BCUT2D eigenvalue weighted by atomic mass is 35.5. The van der Waals surface area contributed by atoms with Crippen molar-refractivity contribution in [2.24, 2.45) is 0 Å². The molecule has 0 radical (unpaired) electrons. The summed E-state index contributed by atoms with van der Waals surface area (Å²) in [6.07, 6.45) is -1.08. The lowest BCUT2D eigenvalue weighted by Crippen LogP contribution is -2.25. The number of methoxy groups -OCH3 is 1. The third-order valence-corrected chi connectivity index (χ3v) is 4.67. The highest BCUT2D eigenvalue weighted by Gasteiger charge is 2.33. The number of nitrogens with zero attached hydrogens (tertiary/aromatic N) is 1. The number of amides is 1. The number of hydrogen-bond acceptors (Lipinski definition) is 5. The molecule has 2 aromatic carbocycles. The summed E-state index contributed by atoms with van der Waals surface area (Å²) in [5.74, 6) is 0.983. The standard InChI is InChI=1S/C18H17Cl2NO5/c1-24-17-7-11(25-10-13-14(19)3-2-4-15(13)20)5-6-16(17)21-8-12(9-22)26-18(21)23/h2-7,12,22H,8-10H2,1H3. The Morgan fingerprint density at radius 3 is 2.62 bits per heavy atom. The zero-order valence-corrected chi connectivity index (χ0v) is 15.5. The number of aliphatic hydroxyl groups excluding tert-OH is 1. The maximum Gasteiger partial charge on any atom is 0.414 e. The maximum atomic E-state index is 12.0. The molecular weight excluding hydrogens is 381 g/mol. The van der Waals surface area contributed by atoms with Gasteiger partial charge in [0.1, 0.15) is 24.2 Å². The van der Waals surface area contributed by atoms with Gasteiger partial charge in [-0.2, -0.15) is 0 Å². The number of anilines is 1. The predicted octanol–water partition coefficient (Wildman–Crippen LogP) is 3.90. The molecule has 1 amide bonds. The molecule has 2 aromatic rings. The summed E-state index contributed by atoms with van der Waals surface area (Å²) in [6, 6.07) is 10.3. The number of hydrogen-bond donors (Lipinski definition) is 1. The van der Waals surface area contributed by atoms with Gasteiger partial charge in [0, 0.05) is 21.7 Å². The number of aliphatic hydroxyl groups is 1. The lowest BCUT2D eigenvalue weighted by molar-refractivity contribution is 0.0963. The van der Waals surface area contributed by atoms with Crippen LogP contribution in [0, 0.1) is 0 Å². The van der Waals surface area contributed by atoms with Gasteiger partial charge in [0.15, 0.2) is 0 Å². The lowest BCUT2D eigenvalue weighted by Gasteiger charge is -2.18. The van der Waals surface area contributed by atoms with Crippen LogP contribution in [0.3, 0.4) is 0 Å². The zero-order valence-electron chi connectivity index (χ0n) is 13.9. The van der Waals surface area contributed by atoms with Gasteiger partial charge in [-0.25, -0.2) is 4.79 Å². The van der Waals surface area contributed by atoms with Crippen molar-refractivity contribution in [3.8, 4) is 11.5 Å². The van der Waals surface area contributed by atoms with Crippen LogP contribution in [-0.2, 0) is 11.3 Å². The third-order valence-electron chi connectivity index (χ3n) is 3.96. The van der Waals surface area contributed by atoms with Crippen LogP contribution in [0.25, 0.3) is 0 Å². The molecule has 0 aliphatic carbocycles. The molecule has 1 aliphatic heterocycles. The van der Waals surface area contributed by atoms with Gasteiger partial charge in [-0.05, 0) is 24.3 Å². The van der Waals surface area contributed by atoms with Crippen LogP contribution in [0.15, 0.2) is 36.4 Å². The molecule has 3 rings (SSSR count). The molecule has 138 valence electrons. The number of ether oxygens (including phenoxy) is 3. The van der Waals surface area contributed by atoms with Gasteiger partial charge >= 0.3 is 6.09 Å². The fourth-order valence-electron chi connectivity index (χ4n) is 2.61. The Morgan fingerprint density at radius 2 is 2.00 bits per heavy atom. The van der Waals surface area contributed by atoms with Crippen LogP contribution in [0.4, 0.5) is 10.5 Å². The first-order valence-corrected chi connectivity index (χ1v) is 8.61. The SMILES string of the molecule is COc1cc(OCc2c(Cl)cccc2Cl)ccc1N1CC(CO)OC1=O. The first-order chi connectivity index (χ1) is 12.5. The van der Waals surface area contributed by atoms with E-state index in [1.54, 1.807) is 36.4 Å². The molecule has 8 heteroatoms. The first-order valence-electron chi connectivity index (χ1n) is 7.86. The molecule has 0 spiro atoms. The average Bonchev–Trinajstić information content (AvgIpc) is 3.02. The Bertz CT molecular complexity index is 794. The number of carbonyl (C=O) groups excluding carboxylic acids is 1. The summed E-state index contributed by atoms with van der Waals surface area (Å²) >= 11 is 12.3. The van der Waals surface area contributed by atoms with E-state index in [2.05, 4.69) is 0 Å². The van der Waals surface area contributed by atoms with Crippen molar-refractivity contribution in [2.45, 2.75) is 12.7 Å². The normalized spacial score (nSPS) is 16.5. The highest BCUT2D eigenvalue weighted by Crippen LogP contribution is 2.35. The van der Waals surface area contributed by atoms with Crippen molar-refractivity contribution in [3.05, 3.63) is 52.0 Å².